The van der Waals surface area contributed by atoms with Crippen molar-refractivity contribution in [3.63, 3.8) is 0 Å². The molecule has 5 heteroatoms. The van der Waals surface area contributed by atoms with Gasteiger partial charge in [0.05, 0.1) is 5.69 Å². The van der Waals surface area contributed by atoms with Gasteiger partial charge in [0.2, 0.25) is 0 Å². The highest BCUT2D eigenvalue weighted by molar-refractivity contribution is 5.92. The van der Waals surface area contributed by atoms with E-state index in [9.17, 15) is 9.90 Å². The maximum atomic E-state index is 11.6. The molecule has 3 rings (SSSR count). The van der Waals surface area contributed by atoms with E-state index in [1.165, 1.54) is 12.1 Å². The van der Waals surface area contributed by atoms with Gasteiger partial charge in [-0.25, -0.2) is 4.79 Å². The molecule has 1 heterocycles. The first-order valence-corrected chi connectivity index (χ1v) is 6.79. The SMILES string of the molecule is Cc1cccc(/N=N/c2c(O)ccc3c(C)cc(=O)oc23)c1. The van der Waals surface area contributed by atoms with Gasteiger partial charge in [-0.15, -0.1) is 5.11 Å². The van der Waals surface area contributed by atoms with E-state index in [0.29, 0.717) is 5.69 Å². The maximum Gasteiger partial charge on any atom is 0.336 e. The van der Waals surface area contributed by atoms with Crippen molar-refractivity contribution in [2.75, 3.05) is 0 Å². The van der Waals surface area contributed by atoms with Gasteiger partial charge in [0, 0.05) is 11.5 Å². The Morgan fingerprint density at radius 2 is 1.86 bits per heavy atom. The number of phenols is 1. The van der Waals surface area contributed by atoms with Crippen molar-refractivity contribution in [1.82, 2.24) is 0 Å². The van der Waals surface area contributed by atoms with Crippen LogP contribution in [0.1, 0.15) is 11.1 Å². The van der Waals surface area contributed by atoms with Crippen molar-refractivity contribution in [1.29, 1.82) is 0 Å². The molecule has 0 fully saturated rings. The number of nitrogens with zero attached hydrogens (tertiary/aromatic N) is 2. The third kappa shape index (κ3) is 2.61. The number of hydrogen-bond acceptors (Lipinski definition) is 5. The van der Waals surface area contributed by atoms with Crippen LogP contribution in [0.15, 0.2) is 61.9 Å². The zero-order chi connectivity index (χ0) is 15.7. The Morgan fingerprint density at radius 1 is 1.05 bits per heavy atom. The topological polar surface area (TPSA) is 75.2 Å². The van der Waals surface area contributed by atoms with E-state index in [2.05, 4.69) is 10.2 Å². The standard InChI is InChI=1S/C17H14N2O3/c1-10-4-3-5-12(8-10)18-19-16-14(20)7-6-13-11(2)9-15(21)22-17(13)16/h3-9,20H,1-2H3/b19-18+. The molecule has 0 spiro atoms. The Hall–Kier alpha value is -2.95. The fourth-order valence-electron chi connectivity index (χ4n) is 2.25. The Bertz CT molecular complexity index is 942. The van der Waals surface area contributed by atoms with Crippen LogP contribution in [0.25, 0.3) is 11.0 Å². The van der Waals surface area contributed by atoms with E-state index in [1.54, 1.807) is 19.1 Å². The summed E-state index contributed by atoms with van der Waals surface area (Å²) in [5, 5.41) is 18.9. The van der Waals surface area contributed by atoms with Crippen molar-refractivity contribution in [3.05, 3.63) is 64.0 Å². The largest absolute Gasteiger partial charge is 0.505 e. The predicted octanol–water partition coefficient (Wildman–Crippen LogP) is 4.53. The van der Waals surface area contributed by atoms with Crippen molar-refractivity contribution in [2.45, 2.75) is 13.8 Å². The third-order valence-corrected chi connectivity index (χ3v) is 3.34. The van der Waals surface area contributed by atoms with Crippen LogP contribution in [0.2, 0.25) is 0 Å². The summed E-state index contributed by atoms with van der Waals surface area (Å²) in [5.41, 5.74) is 2.38. The molecule has 2 aromatic carbocycles. The molecule has 3 aromatic rings. The smallest absolute Gasteiger partial charge is 0.336 e. The lowest BCUT2D eigenvalue weighted by Crippen LogP contribution is -1.97. The fourth-order valence-corrected chi connectivity index (χ4v) is 2.25. The van der Waals surface area contributed by atoms with E-state index >= 15 is 0 Å². The summed E-state index contributed by atoms with van der Waals surface area (Å²) in [6.45, 7) is 3.76. The highest BCUT2D eigenvalue weighted by atomic mass is 16.4. The van der Waals surface area contributed by atoms with Gasteiger partial charge in [0.25, 0.3) is 0 Å². The van der Waals surface area contributed by atoms with Crippen molar-refractivity contribution in [2.24, 2.45) is 10.2 Å². The number of benzene rings is 2. The van der Waals surface area contributed by atoms with Crippen LogP contribution < -0.4 is 5.63 Å². The van der Waals surface area contributed by atoms with Gasteiger partial charge in [0.15, 0.2) is 11.3 Å². The molecular weight excluding hydrogens is 280 g/mol. The summed E-state index contributed by atoms with van der Waals surface area (Å²) in [5.74, 6) is -0.0855. The van der Waals surface area contributed by atoms with E-state index in [0.717, 1.165) is 16.5 Å². The second kappa shape index (κ2) is 5.44. The molecule has 0 aliphatic rings. The summed E-state index contributed by atoms with van der Waals surface area (Å²) in [6, 6.07) is 12.1. The molecule has 1 N–H and O–H groups in total. The van der Waals surface area contributed by atoms with Gasteiger partial charge in [-0.2, -0.15) is 5.11 Å². The number of fused-ring (bicyclic) bond motifs is 1. The highest BCUT2D eigenvalue weighted by Crippen LogP contribution is 2.36. The van der Waals surface area contributed by atoms with E-state index in [1.807, 2.05) is 25.1 Å². The molecule has 0 amide bonds. The highest BCUT2D eigenvalue weighted by Gasteiger charge is 2.11. The lowest BCUT2D eigenvalue weighted by Gasteiger charge is -2.04. The summed E-state index contributed by atoms with van der Waals surface area (Å²) in [4.78, 5) is 11.6. The molecular formula is C17H14N2O3. The van der Waals surface area contributed by atoms with Gasteiger partial charge >= 0.3 is 5.63 Å². The quantitative estimate of drug-likeness (QED) is 0.557. The Morgan fingerprint density at radius 3 is 2.64 bits per heavy atom. The van der Waals surface area contributed by atoms with Crippen molar-refractivity contribution >= 4 is 22.3 Å². The molecule has 0 bridgehead atoms. The van der Waals surface area contributed by atoms with Crippen LogP contribution in [0, 0.1) is 13.8 Å². The molecule has 5 nitrogen and oxygen atoms in total. The molecule has 1 aromatic heterocycles. The average molecular weight is 294 g/mol. The van der Waals surface area contributed by atoms with Gasteiger partial charge in [-0.3, -0.25) is 0 Å². The first-order valence-electron chi connectivity index (χ1n) is 6.79. The van der Waals surface area contributed by atoms with Crippen LogP contribution >= 0.6 is 0 Å². The van der Waals surface area contributed by atoms with E-state index < -0.39 is 5.63 Å². The predicted molar refractivity (Wildman–Crippen MR) is 84.2 cm³/mol. The first kappa shape index (κ1) is 14.0. The number of hydrogen-bond donors (Lipinski definition) is 1. The fraction of sp³-hybridized carbons (Fsp3) is 0.118. The van der Waals surface area contributed by atoms with Crippen molar-refractivity contribution < 1.29 is 9.52 Å². The number of aryl methyl sites for hydroxylation is 2. The summed E-state index contributed by atoms with van der Waals surface area (Å²) in [6.07, 6.45) is 0. The van der Waals surface area contributed by atoms with Crippen LogP contribution in [0.5, 0.6) is 5.75 Å². The third-order valence-electron chi connectivity index (χ3n) is 3.34. The van der Waals surface area contributed by atoms with Gasteiger partial charge in [0.1, 0.15) is 5.75 Å². The molecule has 0 saturated carbocycles. The zero-order valence-corrected chi connectivity index (χ0v) is 12.2. The Balaban J connectivity index is 2.18. The van der Waals surface area contributed by atoms with Gasteiger partial charge in [-0.05, 0) is 49.2 Å². The molecule has 0 aliphatic carbocycles. The number of aromatic hydroxyl groups is 1. The Kier molecular flexibility index (Phi) is 3.47. The summed E-state index contributed by atoms with van der Waals surface area (Å²) >= 11 is 0. The molecule has 0 saturated heterocycles. The second-order valence-corrected chi connectivity index (χ2v) is 5.10. The lowest BCUT2D eigenvalue weighted by molar-refractivity contribution is 0.474. The van der Waals surface area contributed by atoms with Crippen LogP contribution in [0.3, 0.4) is 0 Å². The molecule has 0 radical (unpaired) electrons. The number of azo groups is 1. The minimum Gasteiger partial charge on any atom is -0.505 e. The van der Waals surface area contributed by atoms with E-state index in [-0.39, 0.29) is 17.0 Å². The Labute approximate surface area is 126 Å². The number of rotatable bonds is 2. The monoisotopic (exact) mass is 294 g/mol. The molecule has 0 atom stereocenters. The van der Waals surface area contributed by atoms with Crippen LogP contribution in [-0.2, 0) is 0 Å². The molecule has 110 valence electrons. The van der Waals surface area contributed by atoms with Crippen LogP contribution in [0.4, 0.5) is 11.4 Å². The summed E-state index contributed by atoms with van der Waals surface area (Å²) in [7, 11) is 0. The normalized spacial score (nSPS) is 11.4. The second-order valence-electron chi connectivity index (χ2n) is 5.10. The average Bonchev–Trinajstić information content (AvgIpc) is 2.46. The first-order chi connectivity index (χ1) is 10.5. The zero-order valence-electron chi connectivity index (χ0n) is 12.2. The van der Waals surface area contributed by atoms with Crippen molar-refractivity contribution in [3.8, 4) is 5.75 Å². The number of phenolic OH excluding ortho intramolecular Hbond substituents is 1. The maximum absolute atomic E-state index is 11.6. The molecule has 0 aliphatic heterocycles. The van der Waals surface area contributed by atoms with Gasteiger partial charge in [-0.1, -0.05) is 12.1 Å². The van der Waals surface area contributed by atoms with Gasteiger partial charge < -0.3 is 9.52 Å². The lowest BCUT2D eigenvalue weighted by atomic mass is 10.1. The van der Waals surface area contributed by atoms with Crippen LogP contribution in [-0.4, -0.2) is 5.11 Å². The molecule has 22 heavy (non-hydrogen) atoms. The minimum absolute atomic E-state index is 0.0855. The van der Waals surface area contributed by atoms with E-state index in [4.69, 9.17) is 4.42 Å². The minimum atomic E-state index is -0.484. The molecule has 0 unspecified atom stereocenters. The summed E-state index contributed by atoms with van der Waals surface area (Å²) < 4.78 is 5.20.